The van der Waals surface area contributed by atoms with Gasteiger partial charge in [0, 0.05) is 19.0 Å². The van der Waals surface area contributed by atoms with E-state index in [9.17, 15) is 0 Å². The Labute approximate surface area is 96.5 Å². The topological polar surface area (TPSA) is 42.4 Å². The molecule has 1 saturated carbocycles. The third-order valence-corrected chi connectivity index (χ3v) is 3.29. The molecule has 0 aromatic carbocycles. The van der Waals surface area contributed by atoms with Crippen LogP contribution < -0.4 is 0 Å². The van der Waals surface area contributed by atoms with E-state index in [1.807, 2.05) is 12.1 Å². The van der Waals surface area contributed by atoms with Gasteiger partial charge in [-0.2, -0.15) is 0 Å². The van der Waals surface area contributed by atoms with Gasteiger partial charge in [-0.3, -0.25) is 4.98 Å². The van der Waals surface area contributed by atoms with E-state index in [2.05, 4.69) is 4.98 Å². The van der Waals surface area contributed by atoms with Crippen LogP contribution in [-0.2, 0) is 11.3 Å². The molecule has 0 spiro atoms. The minimum Gasteiger partial charge on any atom is -0.396 e. The molecule has 0 bridgehead atoms. The van der Waals surface area contributed by atoms with Crippen molar-refractivity contribution in [2.45, 2.75) is 38.4 Å². The number of nitrogens with zero attached hydrogens (tertiary/aromatic N) is 1. The Morgan fingerprint density at radius 1 is 1.19 bits per heavy atom. The largest absolute Gasteiger partial charge is 0.396 e. The molecular weight excluding hydrogens is 202 g/mol. The number of aromatic nitrogens is 1. The van der Waals surface area contributed by atoms with Crippen LogP contribution in [0.4, 0.5) is 0 Å². The lowest BCUT2D eigenvalue weighted by molar-refractivity contribution is 0.00118. The van der Waals surface area contributed by atoms with E-state index in [1.54, 1.807) is 12.4 Å². The molecule has 0 radical (unpaired) electrons. The summed E-state index contributed by atoms with van der Waals surface area (Å²) in [6, 6.07) is 3.97. The molecule has 0 saturated heterocycles. The highest BCUT2D eigenvalue weighted by Crippen LogP contribution is 2.26. The van der Waals surface area contributed by atoms with E-state index in [4.69, 9.17) is 9.84 Å². The first-order valence-electron chi connectivity index (χ1n) is 6.00. The van der Waals surface area contributed by atoms with Crippen LogP contribution >= 0.6 is 0 Å². The number of pyridine rings is 1. The van der Waals surface area contributed by atoms with Crippen molar-refractivity contribution in [1.82, 2.24) is 4.98 Å². The molecule has 0 atom stereocenters. The van der Waals surface area contributed by atoms with Gasteiger partial charge in [-0.15, -0.1) is 0 Å². The predicted octanol–water partition coefficient (Wildman–Crippen LogP) is 2.15. The fraction of sp³-hybridized carbons (Fsp3) is 0.615. The second-order valence-corrected chi connectivity index (χ2v) is 4.49. The first kappa shape index (κ1) is 11.6. The van der Waals surface area contributed by atoms with Crippen LogP contribution in [0.15, 0.2) is 24.5 Å². The molecule has 2 rings (SSSR count). The zero-order valence-corrected chi connectivity index (χ0v) is 9.51. The molecule has 1 fully saturated rings. The maximum Gasteiger partial charge on any atom is 0.0721 e. The molecule has 1 N–H and O–H groups in total. The first-order chi connectivity index (χ1) is 7.88. The summed E-state index contributed by atoms with van der Waals surface area (Å²) in [5.41, 5.74) is 1.18. The molecule has 3 nitrogen and oxygen atoms in total. The summed E-state index contributed by atoms with van der Waals surface area (Å²) in [5.74, 6) is 0.501. The average Bonchev–Trinajstić information content (AvgIpc) is 2.38. The SMILES string of the molecule is OCC1CCC(OCc2ccncc2)CC1. The molecule has 0 aliphatic heterocycles. The van der Waals surface area contributed by atoms with Crippen molar-refractivity contribution < 1.29 is 9.84 Å². The van der Waals surface area contributed by atoms with Gasteiger partial charge < -0.3 is 9.84 Å². The molecule has 1 aromatic rings. The maximum atomic E-state index is 9.04. The molecule has 16 heavy (non-hydrogen) atoms. The van der Waals surface area contributed by atoms with Crippen LogP contribution in [0.1, 0.15) is 31.2 Å². The molecule has 88 valence electrons. The van der Waals surface area contributed by atoms with Gasteiger partial charge in [0.25, 0.3) is 0 Å². The lowest BCUT2D eigenvalue weighted by Crippen LogP contribution is -2.23. The molecular formula is C13H19NO2. The van der Waals surface area contributed by atoms with Crippen LogP contribution in [0.25, 0.3) is 0 Å². The molecule has 1 aliphatic carbocycles. The number of aliphatic hydroxyl groups is 1. The van der Waals surface area contributed by atoms with Crippen LogP contribution in [0, 0.1) is 5.92 Å². The maximum absolute atomic E-state index is 9.04. The fourth-order valence-corrected chi connectivity index (χ4v) is 2.17. The van der Waals surface area contributed by atoms with Crippen molar-refractivity contribution in [2.75, 3.05) is 6.61 Å². The summed E-state index contributed by atoms with van der Waals surface area (Å²) in [6.07, 6.45) is 8.31. The first-order valence-corrected chi connectivity index (χ1v) is 6.00. The highest BCUT2D eigenvalue weighted by Gasteiger charge is 2.20. The highest BCUT2D eigenvalue weighted by atomic mass is 16.5. The Kier molecular flexibility index (Phi) is 4.31. The molecule has 1 aromatic heterocycles. The fourth-order valence-electron chi connectivity index (χ4n) is 2.17. The summed E-state index contributed by atoms with van der Waals surface area (Å²) in [4.78, 5) is 3.98. The van der Waals surface area contributed by atoms with Gasteiger partial charge in [0.15, 0.2) is 0 Å². The van der Waals surface area contributed by atoms with Crippen LogP contribution in [0.3, 0.4) is 0 Å². The third-order valence-electron chi connectivity index (χ3n) is 3.29. The van der Waals surface area contributed by atoms with E-state index in [-0.39, 0.29) is 0 Å². The van der Waals surface area contributed by atoms with E-state index in [0.717, 1.165) is 25.7 Å². The van der Waals surface area contributed by atoms with E-state index >= 15 is 0 Å². The summed E-state index contributed by atoms with van der Waals surface area (Å²) < 4.78 is 5.85. The standard InChI is InChI=1S/C13H19NO2/c15-9-11-1-3-13(4-2-11)16-10-12-5-7-14-8-6-12/h5-8,11,13,15H,1-4,9-10H2. The van der Waals surface area contributed by atoms with E-state index in [0.29, 0.717) is 25.2 Å². The number of ether oxygens (including phenoxy) is 1. The van der Waals surface area contributed by atoms with Gasteiger partial charge in [0.2, 0.25) is 0 Å². The van der Waals surface area contributed by atoms with Gasteiger partial charge in [-0.1, -0.05) is 0 Å². The normalized spacial score (nSPS) is 25.6. The predicted molar refractivity (Wildman–Crippen MR) is 61.9 cm³/mol. The van der Waals surface area contributed by atoms with E-state index in [1.165, 1.54) is 5.56 Å². The number of aliphatic hydroxyl groups excluding tert-OH is 1. The Bertz CT molecular complexity index is 294. The minimum atomic E-state index is 0.330. The van der Waals surface area contributed by atoms with Crippen molar-refractivity contribution >= 4 is 0 Å². The number of hydrogen-bond acceptors (Lipinski definition) is 3. The molecule has 0 unspecified atom stereocenters. The zero-order chi connectivity index (χ0) is 11.2. The van der Waals surface area contributed by atoms with Crippen molar-refractivity contribution in [1.29, 1.82) is 0 Å². The number of hydrogen-bond donors (Lipinski definition) is 1. The van der Waals surface area contributed by atoms with Crippen LogP contribution in [0.5, 0.6) is 0 Å². The summed E-state index contributed by atoms with van der Waals surface area (Å²) in [5, 5.41) is 9.04. The average molecular weight is 221 g/mol. The second-order valence-electron chi connectivity index (χ2n) is 4.49. The van der Waals surface area contributed by atoms with Crippen molar-refractivity contribution in [3.05, 3.63) is 30.1 Å². The number of rotatable bonds is 4. The van der Waals surface area contributed by atoms with Gasteiger partial charge in [-0.25, -0.2) is 0 Å². The lowest BCUT2D eigenvalue weighted by Gasteiger charge is -2.27. The van der Waals surface area contributed by atoms with Gasteiger partial charge in [0.1, 0.15) is 0 Å². The lowest BCUT2D eigenvalue weighted by atomic mass is 9.88. The Balaban J connectivity index is 1.72. The quantitative estimate of drug-likeness (QED) is 0.847. The summed E-state index contributed by atoms with van der Waals surface area (Å²) in [6.45, 7) is 1.01. The van der Waals surface area contributed by atoms with Gasteiger partial charge in [0.05, 0.1) is 12.7 Å². The van der Waals surface area contributed by atoms with Crippen LogP contribution in [0.2, 0.25) is 0 Å². The van der Waals surface area contributed by atoms with Gasteiger partial charge >= 0.3 is 0 Å². The Morgan fingerprint density at radius 2 is 1.88 bits per heavy atom. The molecule has 0 amide bonds. The van der Waals surface area contributed by atoms with E-state index < -0.39 is 0 Å². The van der Waals surface area contributed by atoms with Crippen molar-refractivity contribution in [3.63, 3.8) is 0 Å². The zero-order valence-electron chi connectivity index (χ0n) is 9.51. The second kappa shape index (κ2) is 5.97. The van der Waals surface area contributed by atoms with Gasteiger partial charge in [-0.05, 0) is 49.3 Å². The Hall–Kier alpha value is -0.930. The third kappa shape index (κ3) is 3.29. The van der Waals surface area contributed by atoms with Crippen molar-refractivity contribution in [3.8, 4) is 0 Å². The molecule has 1 heterocycles. The molecule has 3 heteroatoms. The van der Waals surface area contributed by atoms with Crippen LogP contribution in [-0.4, -0.2) is 22.8 Å². The summed E-state index contributed by atoms with van der Waals surface area (Å²) >= 11 is 0. The highest BCUT2D eigenvalue weighted by molar-refractivity contribution is 5.07. The minimum absolute atomic E-state index is 0.330. The van der Waals surface area contributed by atoms with Crippen molar-refractivity contribution in [2.24, 2.45) is 5.92 Å². The summed E-state index contributed by atoms with van der Waals surface area (Å²) in [7, 11) is 0. The monoisotopic (exact) mass is 221 g/mol. The smallest absolute Gasteiger partial charge is 0.0721 e. The molecule has 1 aliphatic rings. The Morgan fingerprint density at radius 3 is 2.50 bits per heavy atom.